The van der Waals surface area contributed by atoms with Crippen LogP contribution in [-0.4, -0.2) is 17.9 Å². The zero-order chi connectivity index (χ0) is 14.8. The maximum atomic E-state index is 12.4. The van der Waals surface area contributed by atoms with E-state index in [1.165, 1.54) is 12.1 Å². The number of ether oxygens (including phenoxy) is 1. The lowest BCUT2D eigenvalue weighted by Crippen LogP contribution is -2.17. The number of nitrogens with zero attached hydrogens (tertiary/aromatic N) is 1. The number of anilines is 1. The average molecular weight is 284 g/mol. The molecule has 0 radical (unpaired) electrons. The fraction of sp³-hybridized carbons (Fsp3) is 0.357. The smallest absolute Gasteiger partial charge is 0.403 e. The normalized spacial score (nSPS) is 11.7. The quantitative estimate of drug-likeness (QED) is 0.910. The van der Waals surface area contributed by atoms with Crippen molar-refractivity contribution in [2.24, 2.45) is 0 Å². The standard InChI is InChI=1S/C14H15F3N2O/c1-3-7-18-11-8-9(2)19-13-10(11)5-4-6-12(13)20-14(15,16)17/h4-6,8H,3,7H2,1-2H3,(H,18,19). The van der Waals surface area contributed by atoms with E-state index >= 15 is 0 Å². The van der Waals surface area contributed by atoms with Crippen molar-refractivity contribution >= 4 is 16.6 Å². The molecule has 2 aromatic rings. The van der Waals surface area contributed by atoms with E-state index in [2.05, 4.69) is 15.0 Å². The molecule has 0 amide bonds. The summed E-state index contributed by atoms with van der Waals surface area (Å²) in [5.74, 6) is -0.279. The maximum Gasteiger partial charge on any atom is 0.573 e. The van der Waals surface area contributed by atoms with Crippen LogP contribution < -0.4 is 10.1 Å². The third-order valence-corrected chi connectivity index (χ3v) is 2.72. The predicted molar refractivity (Wildman–Crippen MR) is 71.9 cm³/mol. The molecule has 0 saturated carbocycles. The van der Waals surface area contributed by atoms with Gasteiger partial charge in [0, 0.05) is 23.3 Å². The Balaban J connectivity index is 2.54. The summed E-state index contributed by atoms with van der Waals surface area (Å²) in [5, 5.41) is 3.81. The Labute approximate surface area is 114 Å². The molecule has 0 atom stereocenters. The van der Waals surface area contributed by atoms with Crippen molar-refractivity contribution < 1.29 is 17.9 Å². The second kappa shape index (κ2) is 5.56. The Morgan fingerprint density at radius 1 is 1.30 bits per heavy atom. The Kier molecular flexibility index (Phi) is 4.01. The van der Waals surface area contributed by atoms with E-state index in [0.29, 0.717) is 11.1 Å². The minimum Gasteiger partial charge on any atom is -0.403 e. The number of pyridine rings is 1. The van der Waals surface area contributed by atoms with Gasteiger partial charge >= 0.3 is 6.36 Å². The summed E-state index contributed by atoms with van der Waals surface area (Å²) in [6, 6.07) is 6.34. The Bertz CT molecular complexity index is 611. The second-order valence-corrected chi connectivity index (χ2v) is 4.44. The number of fused-ring (bicyclic) bond motifs is 1. The molecule has 1 heterocycles. The van der Waals surface area contributed by atoms with Crippen molar-refractivity contribution in [3.8, 4) is 5.75 Å². The van der Waals surface area contributed by atoms with Gasteiger partial charge in [0.2, 0.25) is 0 Å². The molecular formula is C14H15F3N2O. The maximum absolute atomic E-state index is 12.4. The molecule has 3 nitrogen and oxygen atoms in total. The highest BCUT2D eigenvalue weighted by Crippen LogP contribution is 2.33. The first-order chi connectivity index (χ1) is 9.40. The first kappa shape index (κ1) is 14.4. The number of rotatable bonds is 4. The van der Waals surface area contributed by atoms with Crippen LogP contribution in [0, 0.1) is 6.92 Å². The van der Waals surface area contributed by atoms with Crippen LogP contribution in [0.15, 0.2) is 24.3 Å². The molecule has 0 aliphatic heterocycles. The monoisotopic (exact) mass is 284 g/mol. The first-order valence-corrected chi connectivity index (χ1v) is 6.30. The molecule has 1 aromatic carbocycles. The lowest BCUT2D eigenvalue weighted by molar-refractivity contribution is -0.274. The van der Waals surface area contributed by atoms with Crippen LogP contribution in [0.2, 0.25) is 0 Å². The molecule has 1 N–H and O–H groups in total. The number of aryl methyl sites for hydroxylation is 1. The molecule has 6 heteroatoms. The fourth-order valence-electron chi connectivity index (χ4n) is 1.96. The molecule has 0 bridgehead atoms. The number of alkyl halides is 3. The van der Waals surface area contributed by atoms with Crippen molar-refractivity contribution in [1.29, 1.82) is 0 Å². The number of nitrogens with one attached hydrogen (secondary N) is 1. The van der Waals surface area contributed by atoms with Crippen LogP contribution in [0.25, 0.3) is 10.9 Å². The van der Waals surface area contributed by atoms with E-state index in [1.54, 1.807) is 13.0 Å². The fourth-order valence-corrected chi connectivity index (χ4v) is 1.96. The summed E-state index contributed by atoms with van der Waals surface area (Å²) in [7, 11) is 0. The summed E-state index contributed by atoms with van der Waals surface area (Å²) in [5.41, 5.74) is 1.61. The van der Waals surface area contributed by atoms with Gasteiger partial charge in [-0.3, -0.25) is 0 Å². The molecule has 0 spiro atoms. The number of hydrogen-bond acceptors (Lipinski definition) is 3. The van der Waals surface area contributed by atoms with Gasteiger partial charge in [0.1, 0.15) is 5.52 Å². The number of aromatic nitrogens is 1. The molecule has 108 valence electrons. The number of benzene rings is 1. The average Bonchev–Trinajstić information content (AvgIpc) is 2.35. The lowest BCUT2D eigenvalue weighted by Gasteiger charge is -2.14. The summed E-state index contributed by atoms with van der Waals surface area (Å²) in [6.45, 7) is 4.49. The van der Waals surface area contributed by atoms with Crippen LogP contribution in [0.1, 0.15) is 19.0 Å². The van der Waals surface area contributed by atoms with Gasteiger partial charge in [-0.05, 0) is 25.5 Å². The third-order valence-electron chi connectivity index (χ3n) is 2.72. The zero-order valence-corrected chi connectivity index (χ0v) is 11.2. The van der Waals surface area contributed by atoms with Crippen molar-refractivity contribution in [2.75, 3.05) is 11.9 Å². The minimum absolute atomic E-state index is 0.212. The Hall–Kier alpha value is -1.98. The van der Waals surface area contributed by atoms with Gasteiger partial charge in [-0.1, -0.05) is 19.1 Å². The van der Waals surface area contributed by atoms with Gasteiger partial charge in [0.15, 0.2) is 5.75 Å². The number of para-hydroxylation sites is 1. The SMILES string of the molecule is CCCNc1cc(C)nc2c(OC(F)(F)F)cccc12. The molecule has 1 aromatic heterocycles. The van der Waals surface area contributed by atoms with Gasteiger partial charge in [0.25, 0.3) is 0 Å². The zero-order valence-electron chi connectivity index (χ0n) is 11.2. The topological polar surface area (TPSA) is 34.2 Å². The minimum atomic E-state index is -4.73. The van der Waals surface area contributed by atoms with Crippen LogP contribution in [0.3, 0.4) is 0 Å². The van der Waals surface area contributed by atoms with Gasteiger partial charge in [-0.25, -0.2) is 4.98 Å². The summed E-state index contributed by atoms with van der Waals surface area (Å²) < 4.78 is 41.3. The Morgan fingerprint density at radius 2 is 2.05 bits per heavy atom. The van der Waals surface area contributed by atoms with Gasteiger partial charge in [0.05, 0.1) is 0 Å². The van der Waals surface area contributed by atoms with Crippen LogP contribution in [-0.2, 0) is 0 Å². The largest absolute Gasteiger partial charge is 0.573 e. The van der Waals surface area contributed by atoms with Gasteiger partial charge < -0.3 is 10.1 Å². The molecule has 0 unspecified atom stereocenters. The summed E-state index contributed by atoms with van der Waals surface area (Å²) in [4.78, 5) is 4.16. The molecule has 0 saturated heterocycles. The number of hydrogen-bond donors (Lipinski definition) is 1. The van der Waals surface area contributed by atoms with Crippen molar-refractivity contribution in [1.82, 2.24) is 4.98 Å². The Morgan fingerprint density at radius 3 is 2.70 bits per heavy atom. The van der Waals surface area contributed by atoms with Crippen LogP contribution >= 0.6 is 0 Å². The van der Waals surface area contributed by atoms with Crippen molar-refractivity contribution in [2.45, 2.75) is 26.6 Å². The number of halogens is 3. The van der Waals surface area contributed by atoms with Gasteiger partial charge in [-0.15, -0.1) is 13.2 Å². The summed E-state index contributed by atoms with van der Waals surface area (Å²) >= 11 is 0. The highest BCUT2D eigenvalue weighted by Gasteiger charge is 2.32. The van der Waals surface area contributed by atoms with E-state index in [-0.39, 0.29) is 11.3 Å². The third kappa shape index (κ3) is 3.31. The van der Waals surface area contributed by atoms with Crippen molar-refractivity contribution in [3.05, 3.63) is 30.0 Å². The molecule has 20 heavy (non-hydrogen) atoms. The molecule has 0 aliphatic carbocycles. The van der Waals surface area contributed by atoms with E-state index in [9.17, 15) is 13.2 Å². The molecule has 0 fully saturated rings. The van der Waals surface area contributed by atoms with E-state index in [4.69, 9.17) is 0 Å². The highest BCUT2D eigenvalue weighted by molar-refractivity contribution is 5.95. The molecular weight excluding hydrogens is 269 g/mol. The van der Waals surface area contributed by atoms with Crippen molar-refractivity contribution in [3.63, 3.8) is 0 Å². The first-order valence-electron chi connectivity index (χ1n) is 6.30. The summed E-state index contributed by atoms with van der Waals surface area (Å²) in [6.07, 6.45) is -3.81. The lowest BCUT2D eigenvalue weighted by atomic mass is 10.1. The van der Waals surface area contributed by atoms with E-state index in [1.807, 2.05) is 13.0 Å². The molecule has 2 rings (SSSR count). The van der Waals surface area contributed by atoms with Crippen LogP contribution in [0.5, 0.6) is 5.75 Å². The predicted octanol–water partition coefficient (Wildman–Crippen LogP) is 4.26. The van der Waals surface area contributed by atoms with E-state index in [0.717, 1.165) is 18.7 Å². The van der Waals surface area contributed by atoms with E-state index < -0.39 is 6.36 Å². The van der Waals surface area contributed by atoms with Crippen LogP contribution in [0.4, 0.5) is 18.9 Å². The molecule has 0 aliphatic rings. The highest BCUT2D eigenvalue weighted by atomic mass is 19.4. The van der Waals surface area contributed by atoms with Gasteiger partial charge in [-0.2, -0.15) is 0 Å². The second-order valence-electron chi connectivity index (χ2n) is 4.44.